The highest BCUT2D eigenvalue weighted by atomic mass is 19.4. The normalized spacial score (nSPS) is 13.9. The van der Waals surface area contributed by atoms with Crippen molar-refractivity contribution in [3.63, 3.8) is 0 Å². The average molecular weight is 421 g/mol. The molecule has 1 aliphatic rings. The Labute approximate surface area is 170 Å². The number of alkyl halides is 3. The lowest BCUT2D eigenvalue weighted by Crippen LogP contribution is -2.38. The fourth-order valence-electron chi connectivity index (χ4n) is 3.23. The predicted octanol–water partition coefficient (Wildman–Crippen LogP) is 4.40. The summed E-state index contributed by atoms with van der Waals surface area (Å²) in [6.07, 6.45) is -2.76. The summed E-state index contributed by atoms with van der Waals surface area (Å²) < 4.78 is 48.5. The summed E-state index contributed by atoms with van der Waals surface area (Å²) in [6, 6.07) is 7.08. The number of anilines is 1. The zero-order valence-corrected chi connectivity index (χ0v) is 16.1. The molecule has 0 saturated carbocycles. The van der Waals surface area contributed by atoms with Crippen LogP contribution in [-0.4, -0.2) is 36.5 Å². The minimum absolute atomic E-state index is 0.106. The van der Waals surface area contributed by atoms with Gasteiger partial charge in [0.2, 0.25) is 0 Å². The van der Waals surface area contributed by atoms with Crippen molar-refractivity contribution in [2.75, 3.05) is 18.1 Å². The van der Waals surface area contributed by atoms with Crippen molar-refractivity contribution in [1.82, 2.24) is 0 Å². The van der Waals surface area contributed by atoms with Crippen LogP contribution in [0.4, 0.5) is 18.9 Å². The summed E-state index contributed by atoms with van der Waals surface area (Å²) in [5.74, 6) is -1.43. The number of aryl methyl sites for hydroxylation is 1. The van der Waals surface area contributed by atoms with E-state index in [2.05, 4.69) is 4.74 Å². The van der Waals surface area contributed by atoms with Crippen LogP contribution in [0, 0.1) is 6.92 Å². The zero-order chi connectivity index (χ0) is 22.1. The van der Waals surface area contributed by atoms with Gasteiger partial charge in [0, 0.05) is 18.2 Å². The average Bonchev–Trinajstić information content (AvgIpc) is 2.66. The van der Waals surface area contributed by atoms with Crippen molar-refractivity contribution in [1.29, 1.82) is 0 Å². The molecule has 0 bridgehead atoms. The molecule has 0 unspecified atom stereocenters. The van der Waals surface area contributed by atoms with Gasteiger partial charge in [-0.2, -0.15) is 0 Å². The van der Waals surface area contributed by atoms with Gasteiger partial charge in [-0.25, -0.2) is 4.79 Å². The first-order valence-corrected chi connectivity index (χ1v) is 8.98. The molecule has 2 aromatic rings. The van der Waals surface area contributed by atoms with Crippen LogP contribution in [0.15, 0.2) is 36.4 Å². The van der Waals surface area contributed by atoms with Gasteiger partial charge in [-0.05, 0) is 60.9 Å². The first kappa shape index (κ1) is 21.2. The van der Waals surface area contributed by atoms with E-state index in [0.29, 0.717) is 34.7 Å². The third-order valence-electron chi connectivity index (χ3n) is 4.50. The van der Waals surface area contributed by atoms with Crippen LogP contribution in [0.3, 0.4) is 0 Å². The number of halogens is 3. The van der Waals surface area contributed by atoms with E-state index in [1.165, 1.54) is 23.1 Å². The number of carboxylic acids is 1. The molecule has 2 aromatic carbocycles. The first-order chi connectivity index (χ1) is 14.1. The summed E-state index contributed by atoms with van der Waals surface area (Å²) in [6.45, 7) is 3.73. The van der Waals surface area contributed by atoms with Crippen LogP contribution in [0.5, 0.6) is 11.5 Å². The van der Waals surface area contributed by atoms with Crippen molar-refractivity contribution >= 4 is 23.6 Å². The summed E-state index contributed by atoms with van der Waals surface area (Å²) >= 11 is 0. The number of hydrogen-bond donors (Lipinski definition) is 1. The summed E-state index contributed by atoms with van der Waals surface area (Å²) in [5.41, 5.74) is 1.92. The van der Waals surface area contributed by atoms with Crippen molar-refractivity contribution in [3.8, 4) is 22.6 Å². The molecular weight excluding hydrogens is 403 g/mol. The van der Waals surface area contributed by atoms with Crippen molar-refractivity contribution in [3.05, 3.63) is 47.5 Å². The third kappa shape index (κ3) is 4.56. The first-order valence-electron chi connectivity index (χ1n) is 8.98. The van der Waals surface area contributed by atoms with Gasteiger partial charge < -0.3 is 19.5 Å². The molecule has 1 aliphatic heterocycles. The highest BCUT2D eigenvalue weighted by Crippen LogP contribution is 2.42. The fraction of sp³-hybridized carbons (Fsp3) is 0.238. The summed E-state index contributed by atoms with van der Waals surface area (Å²) in [5, 5.41) is 8.81. The third-order valence-corrected chi connectivity index (χ3v) is 4.50. The van der Waals surface area contributed by atoms with Gasteiger partial charge in [-0.3, -0.25) is 4.79 Å². The largest absolute Gasteiger partial charge is 0.573 e. The van der Waals surface area contributed by atoms with Gasteiger partial charge in [0.05, 0.1) is 5.69 Å². The number of benzene rings is 2. The lowest BCUT2D eigenvalue weighted by atomic mass is 9.96. The van der Waals surface area contributed by atoms with Crippen LogP contribution >= 0.6 is 0 Å². The molecule has 0 saturated heterocycles. The number of carboxylic acid groups (broad SMARTS) is 1. The van der Waals surface area contributed by atoms with Gasteiger partial charge in [0.1, 0.15) is 11.5 Å². The predicted molar refractivity (Wildman–Crippen MR) is 103 cm³/mol. The molecule has 1 N–H and O–H groups in total. The molecule has 0 atom stereocenters. The van der Waals surface area contributed by atoms with Gasteiger partial charge in [-0.1, -0.05) is 6.07 Å². The van der Waals surface area contributed by atoms with Gasteiger partial charge in [-0.15, -0.1) is 13.2 Å². The van der Waals surface area contributed by atoms with E-state index in [1.807, 2.05) is 0 Å². The topological polar surface area (TPSA) is 76.1 Å². The zero-order valence-electron chi connectivity index (χ0n) is 16.1. The Hall–Kier alpha value is -3.49. The molecule has 0 spiro atoms. The molecular formula is C21H18F3NO5. The highest BCUT2D eigenvalue weighted by Gasteiger charge is 2.33. The number of fused-ring (bicyclic) bond motifs is 1. The van der Waals surface area contributed by atoms with Crippen LogP contribution < -0.4 is 14.4 Å². The summed E-state index contributed by atoms with van der Waals surface area (Å²) in [4.78, 5) is 24.4. The van der Waals surface area contributed by atoms with Crippen LogP contribution in [0.2, 0.25) is 0 Å². The van der Waals surface area contributed by atoms with Crippen LogP contribution in [-0.2, 0) is 9.59 Å². The summed E-state index contributed by atoms with van der Waals surface area (Å²) in [7, 11) is 0. The SMILES string of the molecule is CCN1C(=O)COc2cc(C)c(-c3cc(/C=C/C(=O)O)ccc3OC(F)(F)F)cc21. The lowest BCUT2D eigenvalue weighted by molar-refractivity contribution is -0.274. The number of carbonyl (C=O) groups is 2. The Morgan fingerprint density at radius 3 is 2.63 bits per heavy atom. The van der Waals surface area contributed by atoms with Gasteiger partial charge >= 0.3 is 12.3 Å². The second-order valence-corrected chi connectivity index (χ2v) is 6.54. The maximum absolute atomic E-state index is 12.9. The Balaban J connectivity index is 2.19. The molecule has 1 heterocycles. The van der Waals surface area contributed by atoms with Crippen molar-refractivity contribution in [2.45, 2.75) is 20.2 Å². The molecule has 3 rings (SSSR count). The van der Waals surface area contributed by atoms with E-state index in [-0.39, 0.29) is 18.1 Å². The van der Waals surface area contributed by atoms with E-state index in [1.54, 1.807) is 26.0 Å². The van der Waals surface area contributed by atoms with E-state index >= 15 is 0 Å². The lowest BCUT2D eigenvalue weighted by Gasteiger charge is -2.29. The molecule has 0 aliphatic carbocycles. The van der Waals surface area contributed by atoms with Gasteiger partial charge in [0.15, 0.2) is 6.61 Å². The fourth-order valence-corrected chi connectivity index (χ4v) is 3.23. The van der Waals surface area contributed by atoms with Crippen molar-refractivity contribution in [2.24, 2.45) is 0 Å². The van der Waals surface area contributed by atoms with E-state index in [4.69, 9.17) is 9.84 Å². The molecule has 0 radical (unpaired) electrons. The number of rotatable bonds is 5. The molecule has 9 heteroatoms. The second kappa shape index (κ2) is 8.10. The smallest absolute Gasteiger partial charge is 0.482 e. The molecule has 30 heavy (non-hydrogen) atoms. The number of amides is 1. The second-order valence-electron chi connectivity index (χ2n) is 6.54. The van der Waals surface area contributed by atoms with E-state index in [9.17, 15) is 22.8 Å². The Morgan fingerprint density at radius 1 is 1.27 bits per heavy atom. The molecule has 1 amide bonds. The standard InChI is InChI=1S/C21H18F3NO5/c1-3-25-16-10-14(12(2)8-18(16)29-11-19(25)26)15-9-13(5-7-20(27)28)4-6-17(15)30-21(22,23)24/h4-10H,3,11H2,1-2H3,(H,27,28)/b7-5+. The number of likely N-dealkylation sites (N-methyl/N-ethyl adjacent to an activating group) is 1. The number of hydrogen-bond acceptors (Lipinski definition) is 4. The van der Waals surface area contributed by atoms with Crippen LogP contribution in [0.25, 0.3) is 17.2 Å². The molecule has 0 aromatic heterocycles. The minimum atomic E-state index is -4.91. The number of nitrogens with zero attached hydrogens (tertiary/aromatic N) is 1. The van der Waals surface area contributed by atoms with E-state index < -0.39 is 18.1 Å². The Kier molecular flexibility index (Phi) is 5.73. The maximum atomic E-state index is 12.9. The Morgan fingerprint density at radius 2 is 2.00 bits per heavy atom. The number of ether oxygens (including phenoxy) is 2. The van der Waals surface area contributed by atoms with Crippen LogP contribution in [0.1, 0.15) is 18.1 Å². The molecule has 6 nitrogen and oxygen atoms in total. The van der Waals surface area contributed by atoms with Crippen molar-refractivity contribution < 1.29 is 37.3 Å². The molecule has 158 valence electrons. The van der Waals surface area contributed by atoms with E-state index in [0.717, 1.165) is 12.1 Å². The highest BCUT2D eigenvalue weighted by molar-refractivity contribution is 5.99. The monoisotopic (exact) mass is 421 g/mol. The van der Waals surface area contributed by atoms with Gasteiger partial charge in [0.25, 0.3) is 5.91 Å². The Bertz CT molecular complexity index is 1030. The maximum Gasteiger partial charge on any atom is 0.573 e. The number of aliphatic carboxylic acids is 1. The minimum Gasteiger partial charge on any atom is -0.482 e. The molecule has 0 fully saturated rings. The number of carbonyl (C=O) groups excluding carboxylic acids is 1. The quantitative estimate of drug-likeness (QED) is 0.724.